The van der Waals surface area contributed by atoms with Crippen molar-refractivity contribution in [2.45, 2.75) is 39.9 Å². The van der Waals surface area contributed by atoms with Gasteiger partial charge in [-0.3, -0.25) is 18.5 Å². The second-order valence-electron chi connectivity index (χ2n) is 7.46. The van der Waals surface area contributed by atoms with Crippen molar-refractivity contribution in [3.05, 3.63) is 68.9 Å². The zero-order chi connectivity index (χ0) is 20.9. The van der Waals surface area contributed by atoms with Crippen LogP contribution < -0.4 is 16.3 Å². The van der Waals surface area contributed by atoms with Crippen molar-refractivity contribution in [2.24, 2.45) is 12.1 Å². The van der Waals surface area contributed by atoms with Crippen molar-refractivity contribution in [2.75, 3.05) is 5.01 Å². The quantitative estimate of drug-likeness (QED) is 0.639. The predicted octanol–water partition coefficient (Wildman–Crippen LogP) is 2.35. The third kappa shape index (κ3) is 2.91. The maximum absolute atomic E-state index is 13.2. The molecule has 0 radical (unpaired) electrons. The average Bonchev–Trinajstić information content (AvgIpc) is 3.10. The van der Waals surface area contributed by atoms with E-state index in [1.807, 2.05) is 25.3 Å². The van der Waals surface area contributed by atoms with Crippen molar-refractivity contribution in [1.82, 2.24) is 18.7 Å². The Balaban J connectivity index is 1.95. The summed E-state index contributed by atoms with van der Waals surface area (Å²) < 4.78 is 4.48. The lowest BCUT2D eigenvalue weighted by Crippen LogP contribution is -2.40. The minimum atomic E-state index is -0.409. The lowest BCUT2D eigenvalue weighted by atomic mass is 10.1. The minimum absolute atomic E-state index is 0.147. The second-order valence-corrected chi connectivity index (χ2v) is 7.46. The topological polar surface area (TPSA) is 77.4 Å². The van der Waals surface area contributed by atoms with E-state index in [2.05, 4.69) is 35.8 Å². The maximum atomic E-state index is 13.2. The number of anilines is 1. The normalized spacial score (nSPS) is 16.1. The first-order chi connectivity index (χ1) is 13.8. The van der Waals surface area contributed by atoms with Crippen molar-refractivity contribution >= 4 is 22.8 Å². The lowest BCUT2D eigenvalue weighted by molar-refractivity contribution is 0.629. The minimum Gasteiger partial charge on any atom is -0.294 e. The van der Waals surface area contributed by atoms with E-state index in [9.17, 15) is 9.59 Å². The summed E-state index contributed by atoms with van der Waals surface area (Å²) in [6.45, 7) is 10.3. The van der Waals surface area contributed by atoms with Crippen LogP contribution in [0.4, 0.5) is 5.95 Å². The molecular formula is C21H24N6O2. The summed E-state index contributed by atoms with van der Waals surface area (Å²) in [4.78, 5) is 30.5. The maximum Gasteiger partial charge on any atom is 0.332 e. The molecule has 8 heteroatoms. The highest BCUT2D eigenvalue weighted by Gasteiger charge is 2.30. The number of hydrazone groups is 1. The molecule has 4 rings (SSSR count). The fourth-order valence-corrected chi connectivity index (χ4v) is 3.65. The van der Waals surface area contributed by atoms with Gasteiger partial charge < -0.3 is 0 Å². The van der Waals surface area contributed by atoms with Crippen LogP contribution in [-0.2, 0) is 20.1 Å². The number of fused-ring (bicyclic) bond motifs is 3. The fourth-order valence-electron chi connectivity index (χ4n) is 3.65. The number of benzene rings is 1. The van der Waals surface area contributed by atoms with Gasteiger partial charge >= 0.3 is 5.69 Å². The van der Waals surface area contributed by atoms with Gasteiger partial charge in [0.1, 0.15) is 0 Å². The van der Waals surface area contributed by atoms with Gasteiger partial charge in [0.2, 0.25) is 5.95 Å². The number of imidazole rings is 1. The number of aromatic nitrogens is 4. The summed E-state index contributed by atoms with van der Waals surface area (Å²) in [5.41, 5.74) is 3.13. The van der Waals surface area contributed by atoms with E-state index in [-0.39, 0.29) is 18.1 Å². The summed E-state index contributed by atoms with van der Waals surface area (Å²) in [5.74, 6) is 0.558. The van der Waals surface area contributed by atoms with E-state index in [4.69, 9.17) is 5.10 Å². The molecule has 1 aliphatic rings. The van der Waals surface area contributed by atoms with Crippen LogP contribution in [0, 0.1) is 6.92 Å². The van der Waals surface area contributed by atoms with E-state index in [1.165, 1.54) is 14.7 Å². The molecule has 2 aromatic heterocycles. The van der Waals surface area contributed by atoms with Gasteiger partial charge in [0.05, 0.1) is 18.3 Å². The molecule has 0 saturated carbocycles. The van der Waals surface area contributed by atoms with E-state index in [0.717, 1.165) is 11.3 Å². The number of allylic oxidation sites excluding steroid dienone is 1. The molecule has 0 fully saturated rings. The molecule has 0 saturated heterocycles. The molecule has 0 N–H and O–H groups in total. The first-order valence-corrected chi connectivity index (χ1v) is 9.54. The van der Waals surface area contributed by atoms with Crippen LogP contribution in [0.15, 0.2) is 51.6 Å². The largest absolute Gasteiger partial charge is 0.332 e. The molecular weight excluding hydrogens is 368 g/mol. The Morgan fingerprint density at radius 3 is 2.52 bits per heavy atom. The number of aryl methyl sites for hydroxylation is 2. The number of hydrogen-bond acceptors (Lipinski definition) is 5. The summed E-state index contributed by atoms with van der Waals surface area (Å²) in [6.07, 6.45) is 1.54. The first kappa shape index (κ1) is 18.9. The van der Waals surface area contributed by atoms with Gasteiger partial charge in [-0.05, 0) is 26.3 Å². The smallest absolute Gasteiger partial charge is 0.294 e. The second kappa shape index (κ2) is 6.88. The molecule has 1 aliphatic heterocycles. The van der Waals surface area contributed by atoms with Crippen LogP contribution in [0.1, 0.15) is 31.0 Å². The molecule has 150 valence electrons. The van der Waals surface area contributed by atoms with Crippen LogP contribution in [0.25, 0.3) is 11.2 Å². The standard InChI is InChI=1S/C21H24N6O2/c1-6-11-25-19(28)17-18(24(5)21(25)29)22-20-26(23-14(3)15(4)27(17)20)12-16-9-7-13(2)8-10-16/h6-10,15H,1,11-12H2,2-5H3. The zero-order valence-corrected chi connectivity index (χ0v) is 17.1. The molecule has 0 aliphatic carbocycles. The third-order valence-electron chi connectivity index (χ3n) is 5.42. The molecule has 0 amide bonds. The molecule has 8 nitrogen and oxygen atoms in total. The molecule has 3 heterocycles. The summed E-state index contributed by atoms with van der Waals surface area (Å²) in [6, 6.07) is 8.07. The SMILES string of the molecule is C=CCn1c(=O)c2c(nc3n2C(C)C(C)=NN3Cc2ccc(C)cc2)n(C)c1=O. The van der Waals surface area contributed by atoms with Crippen LogP contribution in [-0.4, -0.2) is 24.4 Å². The van der Waals surface area contributed by atoms with E-state index >= 15 is 0 Å². The Labute approximate surface area is 168 Å². The average molecular weight is 392 g/mol. The van der Waals surface area contributed by atoms with E-state index < -0.39 is 5.69 Å². The number of nitrogens with zero attached hydrogens (tertiary/aromatic N) is 6. The van der Waals surface area contributed by atoms with Gasteiger partial charge in [-0.15, -0.1) is 6.58 Å². The highest BCUT2D eigenvalue weighted by Crippen LogP contribution is 2.30. The summed E-state index contributed by atoms with van der Waals surface area (Å²) in [7, 11) is 1.63. The predicted molar refractivity (Wildman–Crippen MR) is 115 cm³/mol. The Morgan fingerprint density at radius 2 is 1.86 bits per heavy atom. The Hall–Kier alpha value is -3.42. The Kier molecular flexibility index (Phi) is 4.49. The van der Waals surface area contributed by atoms with Crippen molar-refractivity contribution in [1.29, 1.82) is 0 Å². The molecule has 0 spiro atoms. The summed E-state index contributed by atoms with van der Waals surface area (Å²) in [5, 5.41) is 6.51. The van der Waals surface area contributed by atoms with Crippen molar-refractivity contribution in [3.63, 3.8) is 0 Å². The van der Waals surface area contributed by atoms with Gasteiger partial charge in [0, 0.05) is 13.6 Å². The van der Waals surface area contributed by atoms with Crippen LogP contribution >= 0.6 is 0 Å². The monoisotopic (exact) mass is 392 g/mol. The summed E-state index contributed by atoms with van der Waals surface area (Å²) >= 11 is 0. The van der Waals surface area contributed by atoms with Crippen LogP contribution in [0.5, 0.6) is 0 Å². The van der Waals surface area contributed by atoms with Gasteiger partial charge in [0.15, 0.2) is 11.2 Å². The molecule has 29 heavy (non-hydrogen) atoms. The highest BCUT2D eigenvalue weighted by molar-refractivity contribution is 5.91. The van der Waals surface area contributed by atoms with Gasteiger partial charge in [-0.1, -0.05) is 35.9 Å². The van der Waals surface area contributed by atoms with E-state index in [1.54, 1.807) is 18.1 Å². The van der Waals surface area contributed by atoms with Gasteiger partial charge in [-0.2, -0.15) is 10.1 Å². The molecule has 1 atom stereocenters. The molecule has 3 aromatic rings. The van der Waals surface area contributed by atoms with Crippen molar-refractivity contribution in [3.8, 4) is 0 Å². The molecule has 0 bridgehead atoms. The van der Waals surface area contributed by atoms with Gasteiger partial charge in [0.25, 0.3) is 5.56 Å². The number of rotatable bonds is 4. The first-order valence-electron chi connectivity index (χ1n) is 9.54. The Morgan fingerprint density at radius 1 is 1.17 bits per heavy atom. The molecule has 1 unspecified atom stereocenters. The highest BCUT2D eigenvalue weighted by atomic mass is 16.2. The lowest BCUT2D eigenvalue weighted by Gasteiger charge is -2.29. The van der Waals surface area contributed by atoms with Crippen LogP contribution in [0.2, 0.25) is 0 Å². The van der Waals surface area contributed by atoms with Crippen LogP contribution in [0.3, 0.4) is 0 Å². The third-order valence-corrected chi connectivity index (χ3v) is 5.42. The Bertz CT molecular complexity index is 1260. The molecule has 1 aromatic carbocycles. The zero-order valence-electron chi connectivity index (χ0n) is 17.1. The van der Waals surface area contributed by atoms with E-state index in [0.29, 0.717) is 23.7 Å². The fraction of sp³-hybridized carbons (Fsp3) is 0.333. The number of hydrogen-bond donors (Lipinski definition) is 0. The van der Waals surface area contributed by atoms with Gasteiger partial charge in [-0.25, -0.2) is 9.80 Å². The van der Waals surface area contributed by atoms with Crippen molar-refractivity contribution < 1.29 is 0 Å².